The van der Waals surface area contributed by atoms with Gasteiger partial charge in [0.05, 0.1) is 6.10 Å². The first-order valence-corrected chi connectivity index (χ1v) is 9.30. The zero-order chi connectivity index (χ0) is 19.1. The monoisotopic (exact) mass is 366 g/mol. The lowest BCUT2D eigenvalue weighted by molar-refractivity contribution is -0.134. The van der Waals surface area contributed by atoms with Crippen LogP contribution in [-0.2, 0) is 9.53 Å². The number of hydrogen-bond donors (Lipinski definition) is 1. The van der Waals surface area contributed by atoms with Crippen molar-refractivity contribution in [2.45, 2.75) is 38.4 Å². The number of rotatable bonds is 7. The fourth-order valence-electron chi connectivity index (χ4n) is 2.88. The van der Waals surface area contributed by atoms with Crippen LogP contribution in [0.4, 0.5) is 0 Å². The smallest absolute Gasteiger partial charge is 0.263 e. The average molecular weight is 366 g/mol. The predicted molar refractivity (Wildman–Crippen MR) is 106 cm³/mol. The van der Waals surface area contributed by atoms with Crippen molar-refractivity contribution in [3.05, 3.63) is 59.9 Å². The van der Waals surface area contributed by atoms with Gasteiger partial charge in [0, 0.05) is 25.5 Å². The molecule has 1 saturated heterocycles. The van der Waals surface area contributed by atoms with Gasteiger partial charge in [-0.2, -0.15) is 0 Å². The van der Waals surface area contributed by atoms with Crippen molar-refractivity contribution < 1.29 is 14.3 Å². The van der Waals surface area contributed by atoms with Crippen LogP contribution in [0, 0.1) is 0 Å². The van der Waals surface area contributed by atoms with E-state index < -0.39 is 5.60 Å². The number of benzene rings is 1. The zero-order valence-corrected chi connectivity index (χ0v) is 15.9. The van der Waals surface area contributed by atoms with Crippen molar-refractivity contribution in [2.24, 2.45) is 0 Å². The third-order valence-electron chi connectivity index (χ3n) is 4.49. The van der Waals surface area contributed by atoms with Crippen molar-refractivity contribution in [1.29, 1.82) is 0 Å². The highest BCUT2D eigenvalue weighted by molar-refractivity contribution is 5.84. The number of hydrogen-bond acceptors (Lipinski definition) is 4. The van der Waals surface area contributed by atoms with Crippen LogP contribution in [0.25, 0.3) is 12.2 Å². The first-order valence-electron chi connectivity index (χ1n) is 9.30. The second-order valence-corrected chi connectivity index (χ2v) is 7.14. The Morgan fingerprint density at radius 2 is 1.85 bits per heavy atom. The van der Waals surface area contributed by atoms with Gasteiger partial charge in [-0.15, -0.1) is 0 Å². The minimum absolute atomic E-state index is 0.121. The number of amides is 1. The van der Waals surface area contributed by atoms with Gasteiger partial charge in [0.2, 0.25) is 0 Å². The zero-order valence-electron chi connectivity index (χ0n) is 15.9. The SMILES string of the molecule is CC(C)(Oc1ccc(/C=C/c2ccncc2)cc1)C(=O)NCC1CCCO1. The van der Waals surface area contributed by atoms with Crippen LogP contribution < -0.4 is 10.1 Å². The first-order chi connectivity index (χ1) is 13.0. The van der Waals surface area contributed by atoms with Gasteiger partial charge in [-0.25, -0.2) is 0 Å². The third-order valence-corrected chi connectivity index (χ3v) is 4.49. The summed E-state index contributed by atoms with van der Waals surface area (Å²) >= 11 is 0. The van der Waals surface area contributed by atoms with Gasteiger partial charge in [0.25, 0.3) is 5.91 Å². The molecule has 5 heteroatoms. The summed E-state index contributed by atoms with van der Waals surface area (Å²) in [7, 11) is 0. The lowest BCUT2D eigenvalue weighted by Crippen LogP contribution is -2.48. The molecule has 1 unspecified atom stereocenters. The van der Waals surface area contributed by atoms with E-state index in [1.807, 2.05) is 48.6 Å². The summed E-state index contributed by atoms with van der Waals surface area (Å²) in [6.45, 7) is 4.86. The van der Waals surface area contributed by atoms with E-state index in [-0.39, 0.29) is 12.0 Å². The number of carbonyl (C=O) groups is 1. The first kappa shape index (κ1) is 19.1. The fraction of sp³-hybridized carbons (Fsp3) is 0.364. The summed E-state index contributed by atoms with van der Waals surface area (Å²) < 4.78 is 11.4. The number of carbonyl (C=O) groups excluding carboxylic acids is 1. The minimum Gasteiger partial charge on any atom is -0.478 e. The van der Waals surface area contributed by atoms with Crippen molar-refractivity contribution in [1.82, 2.24) is 10.3 Å². The topological polar surface area (TPSA) is 60.5 Å². The summed E-state index contributed by atoms with van der Waals surface area (Å²) in [5.74, 6) is 0.521. The maximum absolute atomic E-state index is 12.4. The van der Waals surface area contributed by atoms with Gasteiger partial charge >= 0.3 is 0 Å². The molecule has 1 amide bonds. The van der Waals surface area contributed by atoms with Crippen LogP contribution in [0.1, 0.15) is 37.8 Å². The second-order valence-electron chi connectivity index (χ2n) is 7.14. The molecule has 3 rings (SSSR count). The van der Waals surface area contributed by atoms with E-state index in [2.05, 4.69) is 10.3 Å². The van der Waals surface area contributed by atoms with Gasteiger partial charge in [0.1, 0.15) is 5.75 Å². The lowest BCUT2D eigenvalue weighted by Gasteiger charge is -2.26. The number of nitrogens with zero attached hydrogens (tertiary/aromatic N) is 1. The normalized spacial score (nSPS) is 17.2. The van der Waals surface area contributed by atoms with Gasteiger partial charge in [-0.3, -0.25) is 9.78 Å². The molecule has 5 nitrogen and oxygen atoms in total. The van der Waals surface area contributed by atoms with Gasteiger partial charge < -0.3 is 14.8 Å². The summed E-state index contributed by atoms with van der Waals surface area (Å²) in [5.41, 5.74) is 1.20. The van der Waals surface area contributed by atoms with Crippen molar-refractivity contribution in [3.8, 4) is 5.75 Å². The van der Waals surface area contributed by atoms with Crippen LogP contribution in [0.15, 0.2) is 48.8 Å². The Balaban J connectivity index is 1.54. The average Bonchev–Trinajstić information content (AvgIpc) is 3.20. The van der Waals surface area contributed by atoms with Crippen LogP contribution in [-0.4, -0.2) is 35.7 Å². The molecule has 1 aromatic carbocycles. The Bertz CT molecular complexity index is 764. The molecule has 0 aliphatic carbocycles. The molecule has 1 N–H and O–H groups in total. The predicted octanol–water partition coefficient (Wildman–Crippen LogP) is 3.70. The van der Waals surface area contributed by atoms with E-state index >= 15 is 0 Å². The van der Waals surface area contributed by atoms with E-state index in [4.69, 9.17) is 9.47 Å². The van der Waals surface area contributed by atoms with E-state index in [0.29, 0.717) is 12.3 Å². The van der Waals surface area contributed by atoms with Gasteiger partial charge in [-0.1, -0.05) is 24.3 Å². The molecule has 1 aliphatic rings. The number of nitrogens with one attached hydrogen (secondary N) is 1. The Kier molecular flexibility index (Phi) is 6.24. The van der Waals surface area contributed by atoms with Crippen LogP contribution >= 0.6 is 0 Å². The Hall–Kier alpha value is -2.66. The molecular formula is C22H26N2O3. The summed E-state index contributed by atoms with van der Waals surface area (Å²) in [6.07, 6.45) is 9.76. The maximum Gasteiger partial charge on any atom is 0.263 e. The van der Waals surface area contributed by atoms with E-state index in [1.165, 1.54) is 0 Å². The summed E-state index contributed by atoms with van der Waals surface area (Å²) in [5, 5.41) is 2.93. The largest absolute Gasteiger partial charge is 0.478 e. The molecule has 1 atom stereocenters. The molecule has 0 radical (unpaired) electrons. The second kappa shape index (κ2) is 8.82. The minimum atomic E-state index is -0.951. The van der Waals surface area contributed by atoms with Crippen LogP contribution in [0.2, 0.25) is 0 Å². The molecule has 0 spiro atoms. The van der Waals surface area contributed by atoms with Crippen molar-refractivity contribution >= 4 is 18.1 Å². The molecule has 1 fully saturated rings. The van der Waals surface area contributed by atoms with Gasteiger partial charge in [-0.05, 0) is 62.1 Å². The molecular weight excluding hydrogens is 340 g/mol. The van der Waals surface area contributed by atoms with Gasteiger partial charge in [0.15, 0.2) is 5.60 Å². The van der Waals surface area contributed by atoms with Crippen molar-refractivity contribution in [2.75, 3.05) is 13.2 Å². The quantitative estimate of drug-likeness (QED) is 0.812. The summed E-state index contributed by atoms with van der Waals surface area (Å²) in [4.78, 5) is 16.4. The van der Waals surface area contributed by atoms with E-state index in [1.54, 1.807) is 26.2 Å². The highest BCUT2D eigenvalue weighted by Crippen LogP contribution is 2.20. The molecule has 1 aliphatic heterocycles. The van der Waals surface area contributed by atoms with Crippen molar-refractivity contribution in [3.63, 3.8) is 0 Å². The maximum atomic E-state index is 12.4. The molecule has 0 saturated carbocycles. The standard InChI is InChI=1S/C22H26N2O3/c1-22(2,21(25)24-16-20-4-3-15-26-20)27-19-9-7-17(8-10-19)5-6-18-11-13-23-14-12-18/h5-14,20H,3-4,15-16H2,1-2H3,(H,24,25)/b6-5+. The fourth-order valence-corrected chi connectivity index (χ4v) is 2.88. The van der Waals surface area contributed by atoms with E-state index in [9.17, 15) is 4.79 Å². The Morgan fingerprint density at radius 1 is 1.19 bits per heavy atom. The number of ether oxygens (including phenoxy) is 2. The lowest BCUT2D eigenvalue weighted by atomic mass is 10.1. The third kappa shape index (κ3) is 5.66. The number of pyridine rings is 1. The molecule has 2 heterocycles. The molecule has 142 valence electrons. The van der Waals surface area contributed by atoms with Crippen LogP contribution in [0.5, 0.6) is 5.75 Å². The number of aromatic nitrogens is 1. The highest BCUT2D eigenvalue weighted by atomic mass is 16.5. The summed E-state index contributed by atoms with van der Waals surface area (Å²) in [6, 6.07) is 11.6. The molecule has 0 bridgehead atoms. The molecule has 27 heavy (non-hydrogen) atoms. The molecule has 2 aromatic rings. The highest BCUT2D eigenvalue weighted by Gasteiger charge is 2.30. The van der Waals surface area contributed by atoms with Crippen LogP contribution in [0.3, 0.4) is 0 Å². The van der Waals surface area contributed by atoms with E-state index in [0.717, 1.165) is 30.6 Å². The Morgan fingerprint density at radius 3 is 2.48 bits per heavy atom. The Labute approximate surface area is 160 Å². The molecule has 1 aromatic heterocycles.